The lowest BCUT2D eigenvalue weighted by Crippen LogP contribution is -2.45. The van der Waals surface area contributed by atoms with Crippen LogP contribution in [-0.4, -0.2) is 49.6 Å². The van der Waals surface area contributed by atoms with Crippen LogP contribution in [0.4, 0.5) is 0 Å². The number of pyridine rings is 1. The number of halogens is 1. The van der Waals surface area contributed by atoms with Gasteiger partial charge in [0.25, 0.3) is 0 Å². The van der Waals surface area contributed by atoms with Gasteiger partial charge in [-0.05, 0) is 61.8 Å². The number of piperidine rings is 1. The molecular weight excluding hydrogens is 378 g/mol. The number of hydrogen-bond donors (Lipinski definition) is 2. The molecule has 2 unspecified atom stereocenters. The van der Waals surface area contributed by atoms with Crippen LogP contribution in [0.15, 0.2) is 40.8 Å². The minimum absolute atomic E-state index is 0.490. The Hall–Kier alpha value is -1.63. The summed E-state index contributed by atoms with van der Waals surface area (Å²) in [5.74, 6) is 1.44. The minimum Gasteiger partial charge on any atom is -0.356 e. The number of rotatable bonds is 6. The smallest absolute Gasteiger partial charge is 0.190 e. The number of likely N-dealkylation sites (tertiary alicyclic amines) is 1. The highest BCUT2D eigenvalue weighted by Crippen LogP contribution is 2.36. The second kappa shape index (κ2) is 10.1. The van der Waals surface area contributed by atoms with E-state index >= 15 is 0 Å². The third-order valence-corrected chi connectivity index (χ3v) is 6.26. The number of guanidine groups is 1. The zero-order chi connectivity index (χ0) is 19.1. The van der Waals surface area contributed by atoms with Crippen LogP contribution in [0, 0.1) is 5.92 Å². The summed E-state index contributed by atoms with van der Waals surface area (Å²) in [5.41, 5.74) is 1.16. The molecule has 0 aliphatic carbocycles. The molecule has 1 aliphatic rings. The van der Waals surface area contributed by atoms with Crippen LogP contribution in [0.5, 0.6) is 0 Å². The van der Waals surface area contributed by atoms with E-state index < -0.39 is 0 Å². The molecule has 146 valence electrons. The number of aromatic nitrogens is 1. The number of nitrogens with one attached hydrogen (secondary N) is 2. The van der Waals surface area contributed by atoms with E-state index in [-0.39, 0.29) is 0 Å². The Morgan fingerprint density at radius 1 is 1.37 bits per heavy atom. The molecule has 0 saturated carbocycles. The highest BCUT2D eigenvalue weighted by Gasteiger charge is 2.31. The molecule has 2 aromatic heterocycles. The van der Waals surface area contributed by atoms with Gasteiger partial charge in [-0.2, -0.15) is 0 Å². The molecule has 5 nitrogen and oxygen atoms in total. The summed E-state index contributed by atoms with van der Waals surface area (Å²) in [4.78, 5) is 12.4. The van der Waals surface area contributed by atoms with Crippen molar-refractivity contribution in [2.45, 2.75) is 25.3 Å². The van der Waals surface area contributed by atoms with E-state index in [0.29, 0.717) is 17.1 Å². The van der Waals surface area contributed by atoms with Gasteiger partial charge in [-0.1, -0.05) is 23.7 Å². The lowest BCUT2D eigenvalue weighted by atomic mass is 9.88. The Balaban J connectivity index is 1.49. The molecule has 7 heteroatoms. The summed E-state index contributed by atoms with van der Waals surface area (Å²) in [6.07, 6.45) is 5.20. The summed E-state index contributed by atoms with van der Waals surface area (Å²) in [5, 5.41) is 9.63. The molecule has 1 aliphatic heterocycles. The van der Waals surface area contributed by atoms with Crippen LogP contribution in [0.1, 0.15) is 29.3 Å². The summed E-state index contributed by atoms with van der Waals surface area (Å²) in [6.45, 7) is 2.90. The molecule has 0 radical (unpaired) electrons. The first kappa shape index (κ1) is 20.1. The van der Waals surface area contributed by atoms with Crippen molar-refractivity contribution in [2.75, 3.05) is 33.7 Å². The van der Waals surface area contributed by atoms with Crippen LogP contribution >= 0.6 is 22.9 Å². The van der Waals surface area contributed by atoms with E-state index in [9.17, 15) is 0 Å². The van der Waals surface area contributed by atoms with Crippen molar-refractivity contribution in [2.24, 2.45) is 10.9 Å². The van der Waals surface area contributed by atoms with Gasteiger partial charge in [0.1, 0.15) is 5.15 Å². The molecule has 0 aromatic carbocycles. The van der Waals surface area contributed by atoms with Gasteiger partial charge in [0.15, 0.2) is 5.96 Å². The Bertz CT molecular complexity index is 716. The number of thiophene rings is 1. The van der Waals surface area contributed by atoms with Gasteiger partial charge >= 0.3 is 0 Å². The molecule has 1 saturated heterocycles. The molecule has 0 amide bonds. The monoisotopic (exact) mass is 405 g/mol. The summed E-state index contributed by atoms with van der Waals surface area (Å²) >= 11 is 7.69. The molecular formula is C20H28ClN5S. The SMILES string of the molecule is CN=C(NCCc1ccc(Cl)nc1)NCC1CCCN(C)C1c1cccs1. The summed E-state index contributed by atoms with van der Waals surface area (Å²) in [6, 6.07) is 8.74. The molecule has 1 fully saturated rings. The fourth-order valence-corrected chi connectivity index (χ4v) is 4.81. The molecule has 2 aromatic rings. The highest BCUT2D eigenvalue weighted by molar-refractivity contribution is 7.10. The van der Waals surface area contributed by atoms with E-state index in [1.54, 1.807) is 0 Å². The van der Waals surface area contributed by atoms with Crippen LogP contribution < -0.4 is 10.6 Å². The maximum Gasteiger partial charge on any atom is 0.190 e. The maximum absolute atomic E-state index is 5.83. The number of nitrogens with zero attached hydrogens (tertiary/aromatic N) is 3. The highest BCUT2D eigenvalue weighted by atomic mass is 35.5. The third-order valence-electron chi connectivity index (χ3n) is 5.09. The lowest BCUT2D eigenvalue weighted by Gasteiger charge is -2.39. The van der Waals surface area contributed by atoms with Crippen LogP contribution in [0.2, 0.25) is 5.15 Å². The minimum atomic E-state index is 0.490. The van der Waals surface area contributed by atoms with Gasteiger partial charge in [-0.25, -0.2) is 4.98 Å². The quantitative estimate of drug-likeness (QED) is 0.438. The normalized spacial score (nSPS) is 21.2. The summed E-state index contributed by atoms with van der Waals surface area (Å²) < 4.78 is 0. The molecule has 3 rings (SSSR count). The Morgan fingerprint density at radius 2 is 2.26 bits per heavy atom. The Kier molecular flexibility index (Phi) is 7.50. The third kappa shape index (κ3) is 5.67. The Morgan fingerprint density at radius 3 is 2.96 bits per heavy atom. The zero-order valence-corrected chi connectivity index (χ0v) is 17.6. The average Bonchev–Trinajstić information content (AvgIpc) is 3.20. The molecule has 0 bridgehead atoms. The molecule has 3 heterocycles. The van der Waals surface area contributed by atoms with Gasteiger partial charge in [0.05, 0.1) is 0 Å². The second-order valence-electron chi connectivity index (χ2n) is 6.96. The van der Waals surface area contributed by atoms with Crippen molar-refractivity contribution in [1.82, 2.24) is 20.5 Å². The maximum atomic E-state index is 5.83. The van der Waals surface area contributed by atoms with Gasteiger partial charge < -0.3 is 10.6 Å². The van der Waals surface area contributed by atoms with Crippen molar-refractivity contribution >= 4 is 28.9 Å². The van der Waals surface area contributed by atoms with Crippen molar-refractivity contribution < 1.29 is 0 Å². The molecule has 0 spiro atoms. The fourth-order valence-electron chi connectivity index (χ4n) is 3.71. The first-order valence-electron chi connectivity index (χ1n) is 9.46. The van der Waals surface area contributed by atoms with Gasteiger partial charge in [-0.15, -0.1) is 11.3 Å². The van der Waals surface area contributed by atoms with Crippen LogP contribution in [-0.2, 0) is 6.42 Å². The topological polar surface area (TPSA) is 52.6 Å². The second-order valence-corrected chi connectivity index (χ2v) is 8.33. The van der Waals surface area contributed by atoms with Crippen LogP contribution in [0.25, 0.3) is 0 Å². The van der Waals surface area contributed by atoms with Crippen molar-refractivity contribution in [3.8, 4) is 0 Å². The predicted octanol–water partition coefficient (Wildman–Crippen LogP) is 3.59. The zero-order valence-electron chi connectivity index (χ0n) is 16.0. The lowest BCUT2D eigenvalue weighted by molar-refractivity contribution is 0.125. The average molecular weight is 406 g/mol. The first-order valence-corrected chi connectivity index (χ1v) is 10.7. The van der Waals surface area contributed by atoms with Crippen LogP contribution in [0.3, 0.4) is 0 Å². The van der Waals surface area contributed by atoms with Crippen molar-refractivity contribution in [3.05, 3.63) is 51.4 Å². The molecule has 27 heavy (non-hydrogen) atoms. The van der Waals surface area contributed by atoms with Crippen molar-refractivity contribution in [3.63, 3.8) is 0 Å². The summed E-state index contributed by atoms with van der Waals surface area (Å²) in [7, 11) is 4.06. The van der Waals surface area contributed by atoms with E-state index in [4.69, 9.17) is 11.6 Å². The van der Waals surface area contributed by atoms with Gasteiger partial charge in [-0.3, -0.25) is 9.89 Å². The largest absolute Gasteiger partial charge is 0.356 e. The Labute approximate surface area is 170 Å². The van der Waals surface area contributed by atoms with Gasteiger partial charge in [0.2, 0.25) is 0 Å². The molecule has 2 N–H and O–H groups in total. The van der Waals surface area contributed by atoms with E-state index in [2.05, 4.69) is 50.1 Å². The van der Waals surface area contributed by atoms with Crippen molar-refractivity contribution in [1.29, 1.82) is 0 Å². The molecule has 2 atom stereocenters. The van der Waals surface area contributed by atoms with E-state index in [1.807, 2.05) is 36.7 Å². The van der Waals surface area contributed by atoms with E-state index in [0.717, 1.165) is 31.0 Å². The van der Waals surface area contributed by atoms with Gasteiger partial charge in [0, 0.05) is 37.3 Å². The fraction of sp³-hybridized carbons (Fsp3) is 0.500. The number of hydrogen-bond acceptors (Lipinski definition) is 4. The standard InChI is InChI=1S/C20H28ClN5S/c1-22-20(23-10-9-15-7-8-18(21)24-13-15)25-14-16-5-3-11-26(2)19(16)17-6-4-12-27-17/h4,6-8,12-13,16,19H,3,5,9-11,14H2,1-2H3,(H2,22,23,25). The number of aliphatic imine (C=N–C) groups is 1. The first-order chi connectivity index (χ1) is 13.2. The predicted molar refractivity (Wildman–Crippen MR) is 115 cm³/mol. The van der Waals surface area contributed by atoms with E-state index in [1.165, 1.54) is 24.3 Å².